The first-order chi connectivity index (χ1) is 25.6. The molecule has 4 aromatic heterocycles. The molecule has 2 aliphatic rings. The number of halogens is 5. The largest absolute Gasteiger partial charge is 0.346 e. The number of nitriles is 4. The van der Waals surface area contributed by atoms with Crippen molar-refractivity contribution in [2.24, 2.45) is 0 Å². The van der Waals surface area contributed by atoms with Crippen molar-refractivity contribution < 1.29 is 17.6 Å². The first-order valence-corrected chi connectivity index (χ1v) is 16.3. The minimum Gasteiger partial charge on any atom is -0.346 e. The molecule has 272 valence electrons. The first-order valence-electron chi connectivity index (χ1n) is 15.9. The maximum absolute atomic E-state index is 14.2. The van der Waals surface area contributed by atoms with Crippen molar-refractivity contribution in [3.63, 3.8) is 0 Å². The number of hydrogen-bond acceptors (Lipinski definition) is 10. The number of rotatable bonds is 3. The van der Waals surface area contributed by atoms with Gasteiger partial charge < -0.3 is 10.2 Å². The highest BCUT2D eigenvalue weighted by atomic mass is 35.5. The fourth-order valence-electron chi connectivity index (χ4n) is 6.07. The van der Waals surface area contributed by atoms with E-state index in [0.717, 1.165) is 6.07 Å². The number of nitrogens with zero attached hydrogens (tertiary/aromatic N) is 11. The summed E-state index contributed by atoms with van der Waals surface area (Å²) in [6.45, 7) is 0.394. The third-order valence-electron chi connectivity index (χ3n) is 8.44. The molecule has 0 amide bonds. The zero-order valence-corrected chi connectivity index (χ0v) is 28.1. The summed E-state index contributed by atoms with van der Waals surface area (Å²) < 4.78 is 57.0. The number of aromatic nitrogens is 6. The maximum Gasteiger partial charge on any atom is 0.175 e. The van der Waals surface area contributed by atoms with Crippen LogP contribution in [0.15, 0.2) is 73.3 Å². The van der Waals surface area contributed by atoms with Gasteiger partial charge in [0.05, 0.1) is 48.2 Å². The number of fused-ring (bicyclic) bond motifs is 2. The Morgan fingerprint density at radius 3 is 1.87 bits per heavy atom. The average Bonchev–Trinajstić information content (AvgIpc) is 3.96. The zero-order chi connectivity index (χ0) is 37.6. The second-order valence-corrected chi connectivity index (χ2v) is 12.4. The van der Waals surface area contributed by atoms with Crippen LogP contribution in [-0.4, -0.2) is 54.6 Å². The van der Waals surface area contributed by atoms with Crippen LogP contribution in [-0.2, 0) is 0 Å². The molecule has 8 rings (SSSR count). The monoisotopic (exact) mass is 752 g/mol. The van der Waals surface area contributed by atoms with E-state index >= 15 is 0 Å². The molecule has 12 nitrogen and oxygen atoms in total. The second-order valence-electron chi connectivity index (χ2n) is 12.0. The van der Waals surface area contributed by atoms with E-state index in [4.69, 9.17) is 32.6 Å². The van der Waals surface area contributed by atoms with Gasteiger partial charge in [-0.05, 0) is 66.1 Å². The molecule has 0 radical (unpaired) electrons. The van der Waals surface area contributed by atoms with Gasteiger partial charge in [0, 0.05) is 31.4 Å². The van der Waals surface area contributed by atoms with Gasteiger partial charge in [-0.25, -0.2) is 36.6 Å². The van der Waals surface area contributed by atoms with Gasteiger partial charge in [-0.2, -0.15) is 31.2 Å². The molecule has 4 atom stereocenters. The van der Waals surface area contributed by atoms with E-state index in [1.807, 2.05) is 24.3 Å². The van der Waals surface area contributed by atoms with Crippen molar-refractivity contribution in [1.82, 2.24) is 34.5 Å². The van der Waals surface area contributed by atoms with E-state index in [1.54, 1.807) is 41.6 Å². The topological polar surface area (TPSA) is 171 Å². The highest BCUT2D eigenvalue weighted by molar-refractivity contribution is 6.29. The SMILES string of the molecule is C.N#Cc1cc(F)cc([C@H]2C[C@H](F)CN2)c1.N#Cc1cc(F)cc([C@H]2C[C@H](F)CN2c2ccn3ncc(C#N)c3n2)c1.N#Cc1cnn2ccc(Cl)nc12. The van der Waals surface area contributed by atoms with Gasteiger partial charge >= 0.3 is 0 Å². The standard InChI is InChI=1S/C18H12F2N6.C11H10F2N2.C7H3ClN4.CH4/c19-14-4-11(7-21)3-12(5-14)16-6-15(20)10-25(16)17-1-2-26-18(24-17)13(8-22)9-23-26;12-9-2-7(5-14)1-8(3-9)11-4-10(13)6-15-11;8-6-1-2-12-7(11-6)5(3-9)4-10-12;/h1-5,9,15-16H,6,10H2;1-3,10-11,15H,4,6H2;1-2,4H;1H4/t15-,16+;10-,11+;;/m00../s1. The number of anilines is 1. The van der Waals surface area contributed by atoms with Crippen LogP contribution in [0.5, 0.6) is 0 Å². The van der Waals surface area contributed by atoms with Crippen LogP contribution < -0.4 is 10.2 Å². The van der Waals surface area contributed by atoms with Gasteiger partial charge in [-0.15, -0.1) is 0 Å². The van der Waals surface area contributed by atoms with Gasteiger partial charge in [0.15, 0.2) is 11.3 Å². The molecule has 0 spiro atoms. The number of benzene rings is 2. The summed E-state index contributed by atoms with van der Waals surface area (Å²) in [5.74, 6) is -0.511. The van der Waals surface area contributed by atoms with Gasteiger partial charge in [0.1, 0.15) is 58.2 Å². The van der Waals surface area contributed by atoms with Crippen molar-refractivity contribution in [3.8, 4) is 24.3 Å². The van der Waals surface area contributed by atoms with E-state index in [1.165, 1.54) is 39.6 Å². The van der Waals surface area contributed by atoms with Gasteiger partial charge in [-0.3, -0.25) is 0 Å². The molecule has 0 saturated carbocycles. The lowest BCUT2D eigenvalue weighted by Crippen LogP contribution is -2.25. The van der Waals surface area contributed by atoms with E-state index < -0.39 is 30.0 Å². The van der Waals surface area contributed by atoms with Crippen LogP contribution in [0.2, 0.25) is 5.15 Å². The molecule has 0 unspecified atom stereocenters. The molecule has 17 heteroatoms. The molecule has 6 heterocycles. The molecule has 2 fully saturated rings. The normalized spacial score (nSPS) is 18.6. The Bertz CT molecular complexity index is 2470. The smallest absolute Gasteiger partial charge is 0.175 e. The lowest BCUT2D eigenvalue weighted by Gasteiger charge is -2.26. The van der Waals surface area contributed by atoms with Gasteiger partial charge in [0.25, 0.3) is 0 Å². The molecule has 54 heavy (non-hydrogen) atoms. The van der Waals surface area contributed by atoms with Crippen LogP contribution in [0.4, 0.5) is 23.4 Å². The van der Waals surface area contributed by atoms with E-state index in [9.17, 15) is 17.6 Å². The summed E-state index contributed by atoms with van der Waals surface area (Å²) in [5, 5.41) is 46.8. The third-order valence-corrected chi connectivity index (χ3v) is 8.65. The van der Waals surface area contributed by atoms with E-state index in [0.29, 0.717) is 57.5 Å². The van der Waals surface area contributed by atoms with Crippen molar-refractivity contribution in [2.45, 2.75) is 44.7 Å². The first kappa shape index (κ1) is 38.6. The van der Waals surface area contributed by atoms with Crippen LogP contribution >= 0.6 is 11.6 Å². The second kappa shape index (κ2) is 16.8. The molecule has 2 aliphatic heterocycles. The Kier molecular flexibility index (Phi) is 12.0. The summed E-state index contributed by atoms with van der Waals surface area (Å²) in [7, 11) is 0. The van der Waals surface area contributed by atoms with Crippen molar-refractivity contribution >= 4 is 28.7 Å². The minimum atomic E-state index is -1.10. The Hall–Kier alpha value is -6.59. The quantitative estimate of drug-likeness (QED) is 0.149. The maximum atomic E-state index is 14.2. The number of hydrogen-bond donors (Lipinski definition) is 1. The summed E-state index contributed by atoms with van der Waals surface area (Å²) in [5.41, 5.74) is 3.24. The van der Waals surface area contributed by atoms with Gasteiger partial charge in [-0.1, -0.05) is 19.0 Å². The number of alkyl halides is 2. The molecular formula is C37H29ClF4N12. The molecule has 1 N–H and O–H groups in total. The lowest BCUT2D eigenvalue weighted by molar-refractivity contribution is 0.355. The summed E-state index contributed by atoms with van der Waals surface area (Å²) in [6.07, 6.45) is 4.70. The fourth-order valence-corrected chi connectivity index (χ4v) is 6.21. The molecular weight excluding hydrogens is 724 g/mol. The van der Waals surface area contributed by atoms with E-state index in [-0.39, 0.29) is 37.6 Å². The highest BCUT2D eigenvalue weighted by Gasteiger charge is 2.35. The molecule has 2 saturated heterocycles. The average molecular weight is 753 g/mol. The van der Waals surface area contributed by atoms with Crippen molar-refractivity contribution in [1.29, 1.82) is 21.0 Å². The predicted molar refractivity (Wildman–Crippen MR) is 189 cm³/mol. The van der Waals surface area contributed by atoms with Crippen molar-refractivity contribution in [3.05, 3.63) is 123 Å². The Morgan fingerprint density at radius 1 is 0.722 bits per heavy atom. The Balaban J connectivity index is 0.000000170. The van der Waals surface area contributed by atoms with E-state index in [2.05, 4.69) is 25.5 Å². The van der Waals surface area contributed by atoms with Crippen LogP contribution in [0.1, 0.15) is 65.7 Å². The predicted octanol–water partition coefficient (Wildman–Crippen LogP) is 6.86. The summed E-state index contributed by atoms with van der Waals surface area (Å²) >= 11 is 5.64. The fraction of sp³-hybridized carbons (Fsp3) is 0.243. The van der Waals surface area contributed by atoms with Crippen LogP contribution in [0, 0.1) is 57.0 Å². The zero-order valence-electron chi connectivity index (χ0n) is 27.4. The van der Waals surface area contributed by atoms with Gasteiger partial charge in [0.2, 0.25) is 0 Å². The molecule has 0 aliphatic carbocycles. The third kappa shape index (κ3) is 8.54. The Morgan fingerprint density at radius 2 is 1.30 bits per heavy atom. The molecule has 0 bridgehead atoms. The molecule has 6 aromatic rings. The van der Waals surface area contributed by atoms with Crippen molar-refractivity contribution in [2.75, 3.05) is 18.0 Å². The summed E-state index contributed by atoms with van der Waals surface area (Å²) in [6, 6.07) is 18.6. The lowest BCUT2D eigenvalue weighted by atomic mass is 10.0. The highest BCUT2D eigenvalue weighted by Crippen LogP contribution is 2.37. The Labute approximate surface area is 311 Å². The van der Waals surface area contributed by atoms with Crippen LogP contribution in [0.25, 0.3) is 11.3 Å². The summed E-state index contributed by atoms with van der Waals surface area (Å²) in [4.78, 5) is 10.1. The number of nitrogens with one attached hydrogen (secondary N) is 1. The van der Waals surface area contributed by atoms with Crippen LogP contribution in [0.3, 0.4) is 0 Å². The molecule has 2 aromatic carbocycles. The minimum absolute atomic E-state index is 0.